The predicted molar refractivity (Wildman–Crippen MR) is 134 cm³/mol. The van der Waals surface area contributed by atoms with Gasteiger partial charge in [-0.05, 0) is 42.3 Å². The molecule has 0 radical (unpaired) electrons. The molecule has 1 unspecified atom stereocenters. The Balaban J connectivity index is 1.72. The third-order valence-electron chi connectivity index (χ3n) is 5.71. The Kier molecular flexibility index (Phi) is 7.83. The number of benzene rings is 2. The van der Waals surface area contributed by atoms with Crippen molar-refractivity contribution in [2.75, 3.05) is 26.3 Å². The Bertz CT molecular complexity index is 1350. The zero-order valence-corrected chi connectivity index (χ0v) is 20.4. The quantitative estimate of drug-likeness (QED) is 0.527. The molecule has 1 atom stereocenters. The van der Waals surface area contributed by atoms with Crippen LogP contribution in [0.2, 0.25) is 5.02 Å². The first-order valence-electron chi connectivity index (χ1n) is 11.4. The van der Waals surface area contributed by atoms with Gasteiger partial charge in [0.25, 0.3) is 5.91 Å². The second-order valence-electron chi connectivity index (χ2n) is 8.48. The highest BCUT2D eigenvalue weighted by Crippen LogP contribution is 2.20. The lowest BCUT2D eigenvalue weighted by Crippen LogP contribution is -2.35. The summed E-state index contributed by atoms with van der Waals surface area (Å²) in [4.78, 5) is 28.6. The van der Waals surface area contributed by atoms with Crippen molar-refractivity contribution in [1.82, 2.24) is 20.0 Å². The lowest BCUT2D eigenvalue weighted by Gasteiger charge is -2.26. The summed E-state index contributed by atoms with van der Waals surface area (Å²) in [5.74, 6) is 5.17. The number of rotatable bonds is 5. The molecule has 4 rings (SSSR count). The molecule has 0 saturated carbocycles. The van der Waals surface area contributed by atoms with E-state index in [2.05, 4.69) is 27.2 Å². The molecule has 1 aliphatic heterocycles. The lowest BCUT2D eigenvalue weighted by atomic mass is 10.0. The van der Waals surface area contributed by atoms with Gasteiger partial charge in [-0.3, -0.25) is 19.2 Å². The smallest absolute Gasteiger partial charge is 0.276 e. The van der Waals surface area contributed by atoms with Gasteiger partial charge in [-0.1, -0.05) is 35.6 Å². The minimum atomic E-state index is -0.823. The van der Waals surface area contributed by atoms with Crippen LogP contribution in [0.25, 0.3) is 10.9 Å². The molecule has 1 saturated heterocycles. The number of amides is 1. The Hall–Kier alpha value is -3.22. The highest BCUT2D eigenvalue weighted by molar-refractivity contribution is 6.30. The molecule has 182 valence electrons. The summed E-state index contributed by atoms with van der Waals surface area (Å²) in [5.41, 5.74) is 2.19. The van der Waals surface area contributed by atoms with Crippen molar-refractivity contribution in [3.8, 4) is 11.8 Å². The molecular formula is C26H27ClN4O4. The minimum absolute atomic E-state index is 0.188. The number of halogens is 1. The number of ether oxygens (including phenoxy) is 1. The maximum atomic E-state index is 13.4. The van der Waals surface area contributed by atoms with Crippen LogP contribution in [-0.4, -0.2) is 58.1 Å². The summed E-state index contributed by atoms with van der Waals surface area (Å²) in [7, 11) is 1.67. The second-order valence-corrected chi connectivity index (χ2v) is 8.92. The van der Waals surface area contributed by atoms with Crippen molar-refractivity contribution in [1.29, 1.82) is 0 Å². The van der Waals surface area contributed by atoms with Gasteiger partial charge in [0.15, 0.2) is 5.69 Å². The summed E-state index contributed by atoms with van der Waals surface area (Å²) in [6, 6.07) is 10.8. The number of carbonyl (C=O) groups is 1. The van der Waals surface area contributed by atoms with Crippen molar-refractivity contribution >= 4 is 28.4 Å². The molecule has 0 spiro atoms. The van der Waals surface area contributed by atoms with E-state index in [9.17, 15) is 14.7 Å². The fourth-order valence-corrected chi connectivity index (χ4v) is 4.12. The van der Waals surface area contributed by atoms with Crippen LogP contribution < -0.4 is 10.7 Å². The number of aromatic nitrogens is 2. The Labute approximate surface area is 208 Å². The van der Waals surface area contributed by atoms with Gasteiger partial charge in [-0.2, -0.15) is 5.10 Å². The zero-order chi connectivity index (χ0) is 24.9. The number of hydrogen-bond donors (Lipinski definition) is 2. The predicted octanol–water partition coefficient (Wildman–Crippen LogP) is 2.08. The van der Waals surface area contributed by atoms with Gasteiger partial charge in [-0.15, -0.1) is 0 Å². The first-order chi connectivity index (χ1) is 16.8. The molecular weight excluding hydrogens is 468 g/mol. The largest absolute Gasteiger partial charge is 0.381 e. The minimum Gasteiger partial charge on any atom is -0.381 e. The van der Waals surface area contributed by atoms with Crippen LogP contribution in [0.4, 0.5) is 0 Å². The number of fused-ring (bicyclic) bond motifs is 1. The molecule has 1 amide bonds. The van der Waals surface area contributed by atoms with Gasteiger partial charge in [0.1, 0.15) is 6.10 Å². The highest BCUT2D eigenvalue weighted by atomic mass is 35.5. The molecule has 35 heavy (non-hydrogen) atoms. The molecule has 2 N–H and O–H groups in total. The number of aryl methyl sites for hydroxylation is 1. The van der Waals surface area contributed by atoms with E-state index >= 15 is 0 Å². The van der Waals surface area contributed by atoms with Crippen molar-refractivity contribution < 1.29 is 14.6 Å². The number of aliphatic hydroxyl groups is 1. The maximum absolute atomic E-state index is 13.4. The van der Waals surface area contributed by atoms with Crippen LogP contribution in [0.5, 0.6) is 0 Å². The Morgan fingerprint density at radius 1 is 1.23 bits per heavy atom. The fourth-order valence-electron chi connectivity index (χ4n) is 3.99. The van der Waals surface area contributed by atoms with Crippen LogP contribution in [-0.2, 0) is 24.9 Å². The van der Waals surface area contributed by atoms with E-state index in [4.69, 9.17) is 16.3 Å². The lowest BCUT2D eigenvalue weighted by molar-refractivity contribution is 0.0342. The van der Waals surface area contributed by atoms with E-state index < -0.39 is 17.4 Å². The number of nitrogens with zero attached hydrogens (tertiary/aromatic N) is 3. The first-order valence-corrected chi connectivity index (χ1v) is 11.8. The van der Waals surface area contributed by atoms with Crippen molar-refractivity contribution in [3.63, 3.8) is 0 Å². The monoisotopic (exact) mass is 494 g/mol. The number of nitrogens with one attached hydrogen (secondary N) is 1. The Morgan fingerprint density at radius 2 is 1.94 bits per heavy atom. The molecule has 0 bridgehead atoms. The van der Waals surface area contributed by atoms with Crippen LogP contribution in [0.15, 0.2) is 41.2 Å². The molecule has 0 aliphatic carbocycles. The molecule has 2 aromatic carbocycles. The van der Waals surface area contributed by atoms with Gasteiger partial charge in [-0.25, -0.2) is 0 Å². The molecule has 1 aromatic heterocycles. The summed E-state index contributed by atoms with van der Waals surface area (Å²) >= 11 is 5.92. The van der Waals surface area contributed by atoms with Gasteiger partial charge in [0.05, 0.1) is 29.7 Å². The van der Waals surface area contributed by atoms with E-state index in [1.165, 1.54) is 4.68 Å². The summed E-state index contributed by atoms with van der Waals surface area (Å²) < 4.78 is 6.93. The summed E-state index contributed by atoms with van der Waals surface area (Å²) in [6.45, 7) is 5.33. The molecule has 9 heteroatoms. The number of carbonyl (C=O) groups excluding carboxylic acids is 1. The van der Waals surface area contributed by atoms with E-state index in [0.717, 1.165) is 24.2 Å². The van der Waals surface area contributed by atoms with Crippen LogP contribution in [0, 0.1) is 11.8 Å². The van der Waals surface area contributed by atoms with Crippen LogP contribution in [0.3, 0.4) is 0 Å². The maximum Gasteiger partial charge on any atom is 0.276 e. The fraction of sp³-hybridized carbons (Fsp3) is 0.346. The third-order valence-corrected chi connectivity index (χ3v) is 5.96. The van der Waals surface area contributed by atoms with E-state index in [-0.39, 0.29) is 12.2 Å². The standard InChI is InChI=1S/C26H27ClN4O4/c1-17(32)3-6-20-13-19(16-31-9-11-35-12-10-31)14-22-24(20)30(2)29-23(25(22)33)26(34)28-15-18-4-7-21(27)8-5-18/h4-5,7-8,13-14,17,32H,9-12,15-16H2,1-2H3,(H,28,34). The molecule has 8 nitrogen and oxygen atoms in total. The topological polar surface area (TPSA) is 96.7 Å². The van der Waals surface area contributed by atoms with Crippen molar-refractivity contribution in [3.05, 3.63) is 74.0 Å². The van der Waals surface area contributed by atoms with E-state index in [1.54, 1.807) is 44.3 Å². The summed E-state index contributed by atoms with van der Waals surface area (Å²) in [6.07, 6.45) is -0.823. The molecule has 2 heterocycles. The second kappa shape index (κ2) is 11.0. The van der Waals surface area contributed by atoms with E-state index in [1.807, 2.05) is 6.07 Å². The number of aliphatic hydroxyl groups excluding tert-OH is 1. The number of hydrogen-bond acceptors (Lipinski definition) is 6. The van der Waals surface area contributed by atoms with Gasteiger partial charge in [0.2, 0.25) is 5.43 Å². The van der Waals surface area contributed by atoms with Gasteiger partial charge >= 0.3 is 0 Å². The Morgan fingerprint density at radius 3 is 2.63 bits per heavy atom. The molecule has 1 fully saturated rings. The molecule has 3 aromatic rings. The average Bonchev–Trinajstić information content (AvgIpc) is 2.84. The normalized spacial score (nSPS) is 14.9. The van der Waals surface area contributed by atoms with Crippen LogP contribution >= 0.6 is 11.6 Å². The van der Waals surface area contributed by atoms with Crippen molar-refractivity contribution in [2.24, 2.45) is 7.05 Å². The van der Waals surface area contributed by atoms with Crippen LogP contribution in [0.1, 0.15) is 34.1 Å². The average molecular weight is 495 g/mol. The highest BCUT2D eigenvalue weighted by Gasteiger charge is 2.20. The first kappa shape index (κ1) is 24.9. The van der Waals surface area contributed by atoms with Gasteiger partial charge < -0.3 is 15.2 Å². The van der Waals surface area contributed by atoms with E-state index in [0.29, 0.717) is 41.2 Å². The zero-order valence-electron chi connectivity index (χ0n) is 19.7. The van der Waals surface area contributed by atoms with Gasteiger partial charge in [0, 0.05) is 38.2 Å². The molecule has 1 aliphatic rings. The third kappa shape index (κ3) is 6.08. The number of morpholine rings is 1. The summed E-state index contributed by atoms with van der Waals surface area (Å²) in [5, 5.41) is 17.7. The van der Waals surface area contributed by atoms with Crippen molar-refractivity contribution in [2.45, 2.75) is 26.1 Å². The SMILES string of the molecule is CC(O)C#Cc1cc(CN2CCOCC2)cc2c(=O)c(C(=O)NCc3ccc(Cl)cc3)nn(C)c12.